The third kappa shape index (κ3) is 5.06. The van der Waals surface area contributed by atoms with Crippen molar-refractivity contribution in [2.75, 3.05) is 47.1 Å². The zero-order valence-corrected chi connectivity index (χ0v) is 17.5. The van der Waals surface area contributed by atoms with Crippen molar-refractivity contribution >= 4 is 33.0 Å². The molecule has 7 nitrogen and oxygen atoms in total. The second-order valence-electron chi connectivity index (χ2n) is 6.97. The maximum absolute atomic E-state index is 13.6. The van der Waals surface area contributed by atoms with Gasteiger partial charge in [0.05, 0.1) is 25.2 Å². The molecule has 30 heavy (non-hydrogen) atoms. The van der Waals surface area contributed by atoms with E-state index in [9.17, 15) is 22.0 Å². The Hall–Kier alpha value is -2.72. The fourth-order valence-electron chi connectivity index (χ4n) is 3.25. The van der Waals surface area contributed by atoms with Gasteiger partial charge >= 0.3 is 0 Å². The molecule has 1 fully saturated rings. The van der Waals surface area contributed by atoms with Gasteiger partial charge in [0.15, 0.2) is 11.6 Å². The summed E-state index contributed by atoms with van der Waals surface area (Å²) >= 11 is 0. The van der Waals surface area contributed by atoms with Crippen molar-refractivity contribution in [2.45, 2.75) is 13.0 Å². The first-order valence-corrected chi connectivity index (χ1v) is 11.2. The number of carbonyl (C=O) groups excluding carboxylic acids is 1. The number of sulfonamides is 1. The van der Waals surface area contributed by atoms with Gasteiger partial charge in [-0.25, -0.2) is 17.2 Å². The quantitative estimate of drug-likeness (QED) is 0.749. The highest BCUT2D eigenvalue weighted by atomic mass is 32.2. The van der Waals surface area contributed by atoms with E-state index in [4.69, 9.17) is 4.74 Å². The summed E-state index contributed by atoms with van der Waals surface area (Å²) in [5.41, 5.74) is 1.34. The number of nitrogens with one attached hydrogen (secondary N) is 1. The van der Waals surface area contributed by atoms with E-state index < -0.39 is 33.6 Å². The first-order chi connectivity index (χ1) is 14.2. The number of carbonyl (C=O) groups is 1. The number of halogens is 2. The van der Waals surface area contributed by atoms with E-state index in [0.717, 1.165) is 47.5 Å². The van der Waals surface area contributed by atoms with Gasteiger partial charge in [0.2, 0.25) is 15.9 Å². The van der Waals surface area contributed by atoms with Gasteiger partial charge in [-0.2, -0.15) is 0 Å². The monoisotopic (exact) mass is 439 g/mol. The Labute approximate surface area is 174 Å². The summed E-state index contributed by atoms with van der Waals surface area (Å²) in [5, 5.41) is 2.66. The summed E-state index contributed by atoms with van der Waals surface area (Å²) < 4.78 is 57.5. The molecule has 0 saturated carbocycles. The topological polar surface area (TPSA) is 79.0 Å². The molecular formula is C20H23F2N3O4S. The summed E-state index contributed by atoms with van der Waals surface area (Å²) in [5.74, 6) is -2.92. The normalized spacial score (nSPS) is 15.5. The Morgan fingerprint density at radius 2 is 1.73 bits per heavy atom. The number of anilines is 3. The molecule has 3 rings (SSSR count). The van der Waals surface area contributed by atoms with E-state index in [1.54, 1.807) is 12.1 Å². The van der Waals surface area contributed by atoms with Gasteiger partial charge < -0.3 is 15.0 Å². The third-order valence-electron chi connectivity index (χ3n) is 4.76. The molecule has 0 spiro atoms. The third-order valence-corrected chi connectivity index (χ3v) is 6.00. The van der Waals surface area contributed by atoms with Crippen molar-refractivity contribution in [3.05, 3.63) is 54.1 Å². The van der Waals surface area contributed by atoms with Crippen LogP contribution in [0.1, 0.15) is 6.92 Å². The molecule has 162 valence electrons. The van der Waals surface area contributed by atoms with Crippen molar-refractivity contribution in [1.82, 2.24) is 0 Å². The van der Waals surface area contributed by atoms with Crippen molar-refractivity contribution in [3.63, 3.8) is 0 Å². The Kier molecular flexibility index (Phi) is 6.57. The van der Waals surface area contributed by atoms with Crippen LogP contribution in [-0.4, -0.2) is 52.9 Å². The van der Waals surface area contributed by atoms with Gasteiger partial charge in [-0.15, -0.1) is 0 Å². The lowest BCUT2D eigenvalue weighted by Crippen LogP contribution is -2.45. The fourth-order valence-corrected chi connectivity index (χ4v) is 4.42. The molecule has 1 heterocycles. The molecule has 10 heteroatoms. The van der Waals surface area contributed by atoms with Crippen LogP contribution < -0.4 is 14.5 Å². The molecule has 0 bridgehead atoms. The highest BCUT2D eigenvalue weighted by Crippen LogP contribution is 2.24. The molecule has 0 aromatic heterocycles. The van der Waals surface area contributed by atoms with Crippen molar-refractivity contribution < 1.29 is 26.7 Å². The van der Waals surface area contributed by atoms with Crippen LogP contribution in [-0.2, 0) is 19.6 Å². The molecule has 2 aromatic carbocycles. The smallest absolute Gasteiger partial charge is 0.247 e. The highest BCUT2D eigenvalue weighted by Gasteiger charge is 2.30. The van der Waals surface area contributed by atoms with Gasteiger partial charge in [-0.1, -0.05) is 0 Å². The summed E-state index contributed by atoms with van der Waals surface area (Å²) in [6, 6.07) is 8.64. The molecule has 1 saturated heterocycles. The Morgan fingerprint density at radius 1 is 1.10 bits per heavy atom. The highest BCUT2D eigenvalue weighted by molar-refractivity contribution is 7.92. The molecule has 2 aromatic rings. The van der Waals surface area contributed by atoms with Gasteiger partial charge in [-0.05, 0) is 43.3 Å². The van der Waals surface area contributed by atoms with Crippen LogP contribution in [0.2, 0.25) is 0 Å². The number of ether oxygens (including phenoxy) is 1. The van der Waals surface area contributed by atoms with Crippen molar-refractivity contribution in [1.29, 1.82) is 0 Å². The van der Waals surface area contributed by atoms with Crippen LogP contribution in [0.5, 0.6) is 0 Å². The summed E-state index contributed by atoms with van der Waals surface area (Å²) in [6.45, 7) is 4.24. The number of benzene rings is 2. The van der Waals surface area contributed by atoms with E-state index in [1.165, 1.54) is 6.92 Å². The molecule has 1 aliphatic rings. The molecule has 1 N–H and O–H groups in total. The van der Waals surface area contributed by atoms with Crippen LogP contribution in [0, 0.1) is 11.6 Å². The molecule has 0 aliphatic carbocycles. The zero-order valence-electron chi connectivity index (χ0n) is 16.6. The molecule has 0 radical (unpaired) electrons. The van der Waals surface area contributed by atoms with Gasteiger partial charge in [-0.3, -0.25) is 9.10 Å². The van der Waals surface area contributed by atoms with Crippen LogP contribution in [0.25, 0.3) is 0 Å². The lowest BCUT2D eigenvalue weighted by molar-refractivity contribution is -0.116. The first kappa shape index (κ1) is 22.0. The van der Waals surface area contributed by atoms with Crippen LogP contribution >= 0.6 is 0 Å². The molecule has 1 aliphatic heterocycles. The lowest BCUT2D eigenvalue weighted by atomic mass is 10.2. The van der Waals surface area contributed by atoms with Crippen molar-refractivity contribution in [2.24, 2.45) is 0 Å². The van der Waals surface area contributed by atoms with Crippen LogP contribution in [0.15, 0.2) is 42.5 Å². The Bertz CT molecular complexity index is 1010. The van der Waals surface area contributed by atoms with Gasteiger partial charge in [0, 0.05) is 30.5 Å². The maximum atomic E-state index is 13.6. The minimum atomic E-state index is -3.94. The molecular weight excluding hydrogens is 416 g/mol. The summed E-state index contributed by atoms with van der Waals surface area (Å²) in [4.78, 5) is 14.9. The number of hydrogen-bond acceptors (Lipinski definition) is 5. The molecule has 0 unspecified atom stereocenters. The summed E-state index contributed by atoms with van der Waals surface area (Å²) in [6.07, 6.45) is 0.898. The number of amides is 1. The molecule has 1 atom stereocenters. The lowest BCUT2D eigenvalue weighted by Gasteiger charge is -2.29. The second kappa shape index (κ2) is 8.97. The van der Waals surface area contributed by atoms with E-state index in [0.29, 0.717) is 18.9 Å². The van der Waals surface area contributed by atoms with E-state index >= 15 is 0 Å². The summed E-state index contributed by atoms with van der Waals surface area (Å²) in [7, 11) is -3.94. The minimum Gasteiger partial charge on any atom is -0.378 e. The average molecular weight is 439 g/mol. The van der Waals surface area contributed by atoms with Crippen LogP contribution in [0.3, 0.4) is 0 Å². The standard InChI is InChI=1S/C20H23F2N3O4S/c1-14(25(30(2,27)28)17-7-8-18(21)19(22)13-17)20(26)23-15-3-5-16(6-4-15)24-9-11-29-12-10-24/h3-8,13-14H,9-12H2,1-2H3,(H,23,26)/t14-/m1/s1. The molecule has 1 amide bonds. The average Bonchev–Trinajstić information content (AvgIpc) is 2.71. The van der Waals surface area contributed by atoms with E-state index in [1.807, 2.05) is 12.1 Å². The first-order valence-electron chi connectivity index (χ1n) is 9.35. The Balaban J connectivity index is 1.76. The van der Waals surface area contributed by atoms with Gasteiger partial charge in [0.1, 0.15) is 6.04 Å². The van der Waals surface area contributed by atoms with Crippen molar-refractivity contribution in [3.8, 4) is 0 Å². The Morgan fingerprint density at radius 3 is 2.30 bits per heavy atom. The number of nitrogens with zero attached hydrogens (tertiary/aromatic N) is 2. The predicted molar refractivity (Wildman–Crippen MR) is 111 cm³/mol. The van der Waals surface area contributed by atoms with E-state index in [-0.39, 0.29) is 5.69 Å². The second-order valence-corrected chi connectivity index (χ2v) is 8.83. The minimum absolute atomic E-state index is 0.137. The van der Waals surface area contributed by atoms with Gasteiger partial charge in [0.25, 0.3) is 0 Å². The fraction of sp³-hybridized carbons (Fsp3) is 0.350. The maximum Gasteiger partial charge on any atom is 0.247 e. The van der Waals surface area contributed by atoms with E-state index in [2.05, 4.69) is 10.2 Å². The SMILES string of the molecule is C[C@H](C(=O)Nc1ccc(N2CCOCC2)cc1)N(c1ccc(F)c(F)c1)S(C)(=O)=O. The number of rotatable bonds is 6. The number of hydrogen-bond donors (Lipinski definition) is 1. The largest absolute Gasteiger partial charge is 0.378 e. The predicted octanol–water partition coefficient (Wildman–Crippen LogP) is 2.59. The number of morpholine rings is 1. The zero-order chi connectivity index (χ0) is 21.9. The van der Waals surface area contributed by atoms with Crippen LogP contribution in [0.4, 0.5) is 25.8 Å².